The number of amides is 2. The van der Waals surface area contributed by atoms with Crippen molar-refractivity contribution >= 4 is 17.8 Å². The van der Waals surface area contributed by atoms with E-state index >= 15 is 0 Å². The number of carboxylic acid groups (broad SMARTS) is 1. The van der Waals surface area contributed by atoms with Crippen molar-refractivity contribution in [2.24, 2.45) is 5.73 Å². The number of carbonyl (C=O) groups is 3. The molecule has 1 rings (SSSR count). The molecule has 10 heteroatoms. The number of carboxylic acids is 1. The smallest absolute Gasteiger partial charge is 0.325 e. The van der Waals surface area contributed by atoms with Gasteiger partial charge in [-0.2, -0.15) is 0 Å². The van der Waals surface area contributed by atoms with Crippen molar-refractivity contribution < 1.29 is 24.2 Å². The van der Waals surface area contributed by atoms with E-state index < -0.39 is 17.8 Å². The van der Waals surface area contributed by atoms with E-state index in [4.69, 9.17) is 15.6 Å². The molecule has 1 heterocycles. The van der Waals surface area contributed by atoms with Gasteiger partial charge in [0.15, 0.2) is 5.69 Å². The number of hydrogen-bond acceptors (Lipinski definition) is 6. The van der Waals surface area contributed by atoms with Gasteiger partial charge >= 0.3 is 5.97 Å². The number of aromatic nitrogens is 3. The third-order valence-electron chi connectivity index (χ3n) is 1.84. The van der Waals surface area contributed by atoms with Gasteiger partial charge in [0.05, 0.1) is 12.8 Å². The maximum absolute atomic E-state index is 11.5. The Kier molecular flexibility index (Phi) is 5.41. The summed E-state index contributed by atoms with van der Waals surface area (Å²) >= 11 is 0. The summed E-state index contributed by atoms with van der Waals surface area (Å²) < 4.78 is 5.86. The third kappa shape index (κ3) is 5.59. The highest BCUT2D eigenvalue weighted by Crippen LogP contribution is 1.93. The maximum atomic E-state index is 11.5. The van der Waals surface area contributed by atoms with Gasteiger partial charge in [-0.05, 0) is 0 Å². The zero-order valence-corrected chi connectivity index (χ0v) is 9.90. The highest BCUT2D eigenvalue weighted by atomic mass is 16.5. The van der Waals surface area contributed by atoms with E-state index in [0.29, 0.717) is 0 Å². The van der Waals surface area contributed by atoms with Crippen molar-refractivity contribution in [2.75, 3.05) is 19.8 Å². The number of aliphatic carboxylic acids is 1. The lowest BCUT2D eigenvalue weighted by Gasteiger charge is -2.02. The Balaban J connectivity index is 2.31. The van der Waals surface area contributed by atoms with Crippen LogP contribution in [-0.2, 0) is 20.9 Å². The second kappa shape index (κ2) is 7.06. The molecule has 0 unspecified atom stereocenters. The lowest BCUT2D eigenvalue weighted by Crippen LogP contribution is -2.29. The predicted molar refractivity (Wildman–Crippen MR) is 60.0 cm³/mol. The number of primary amides is 1. The molecule has 0 spiro atoms. The molecule has 0 aromatic carbocycles. The second-order valence-electron chi connectivity index (χ2n) is 3.47. The Morgan fingerprint density at radius 1 is 1.47 bits per heavy atom. The molecule has 10 nitrogen and oxygen atoms in total. The van der Waals surface area contributed by atoms with Crippen LogP contribution in [0.3, 0.4) is 0 Å². The molecule has 0 aliphatic rings. The summed E-state index contributed by atoms with van der Waals surface area (Å²) in [7, 11) is 0. The summed E-state index contributed by atoms with van der Waals surface area (Å²) in [6.45, 7) is -0.303. The molecular formula is C9H13N5O5. The molecule has 0 bridgehead atoms. The zero-order chi connectivity index (χ0) is 14.3. The number of nitrogens with zero attached hydrogens (tertiary/aromatic N) is 3. The molecule has 0 saturated carbocycles. The van der Waals surface area contributed by atoms with E-state index in [9.17, 15) is 14.4 Å². The fraction of sp³-hybridized carbons (Fsp3) is 0.444. The Morgan fingerprint density at radius 2 is 2.21 bits per heavy atom. The average Bonchev–Trinajstić information content (AvgIpc) is 2.75. The minimum Gasteiger partial charge on any atom is -0.480 e. The van der Waals surface area contributed by atoms with Crippen LogP contribution in [-0.4, -0.2) is 57.6 Å². The maximum Gasteiger partial charge on any atom is 0.325 e. The van der Waals surface area contributed by atoms with Crippen LogP contribution in [0.1, 0.15) is 10.5 Å². The van der Waals surface area contributed by atoms with Crippen LogP contribution in [0, 0.1) is 0 Å². The number of nitrogens with one attached hydrogen (secondary N) is 1. The van der Waals surface area contributed by atoms with Crippen molar-refractivity contribution in [1.82, 2.24) is 20.3 Å². The first kappa shape index (κ1) is 14.6. The van der Waals surface area contributed by atoms with Crippen LogP contribution in [0.5, 0.6) is 0 Å². The molecule has 104 valence electrons. The molecule has 0 atom stereocenters. The van der Waals surface area contributed by atoms with Gasteiger partial charge in [0.25, 0.3) is 5.91 Å². The van der Waals surface area contributed by atoms with Crippen LogP contribution in [0.2, 0.25) is 0 Å². The summed E-state index contributed by atoms with van der Waals surface area (Å²) in [6, 6.07) is 0. The molecule has 2 amide bonds. The Bertz CT molecular complexity index is 471. The van der Waals surface area contributed by atoms with Gasteiger partial charge in [-0.25, -0.2) is 4.68 Å². The van der Waals surface area contributed by atoms with Gasteiger partial charge < -0.3 is 20.9 Å². The first-order chi connectivity index (χ1) is 8.99. The summed E-state index contributed by atoms with van der Waals surface area (Å²) in [6.07, 6.45) is 1.22. The average molecular weight is 271 g/mol. The Morgan fingerprint density at radius 3 is 2.84 bits per heavy atom. The molecule has 0 saturated heterocycles. The number of rotatable bonds is 8. The number of ether oxygens (including phenoxy) is 1. The predicted octanol–water partition coefficient (Wildman–Crippen LogP) is -2.41. The largest absolute Gasteiger partial charge is 0.480 e. The molecule has 1 aromatic heterocycles. The van der Waals surface area contributed by atoms with E-state index in [1.54, 1.807) is 0 Å². The van der Waals surface area contributed by atoms with Crippen LogP contribution in [0.15, 0.2) is 6.20 Å². The minimum absolute atomic E-state index is 0.00356. The first-order valence-corrected chi connectivity index (χ1v) is 5.25. The van der Waals surface area contributed by atoms with Crippen molar-refractivity contribution in [2.45, 2.75) is 6.54 Å². The Labute approximate surface area is 107 Å². The van der Waals surface area contributed by atoms with Crippen molar-refractivity contribution in [3.63, 3.8) is 0 Å². The van der Waals surface area contributed by atoms with Gasteiger partial charge in [0.1, 0.15) is 13.2 Å². The number of nitrogens with two attached hydrogens (primary N) is 1. The van der Waals surface area contributed by atoms with Crippen LogP contribution in [0.25, 0.3) is 0 Å². The van der Waals surface area contributed by atoms with Crippen LogP contribution >= 0.6 is 0 Å². The van der Waals surface area contributed by atoms with Gasteiger partial charge in [-0.3, -0.25) is 14.4 Å². The zero-order valence-electron chi connectivity index (χ0n) is 9.90. The lowest BCUT2D eigenvalue weighted by molar-refractivity contribution is -0.138. The van der Waals surface area contributed by atoms with Crippen LogP contribution in [0.4, 0.5) is 0 Å². The van der Waals surface area contributed by atoms with Crippen molar-refractivity contribution in [3.8, 4) is 0 Å². The highest BCUT2D eigenvalue weighted by molar-refractivity contribution is 5.91. The third-order valence-corrected chi connectivity index (χ3v) is 1.84. The monoisotopic (exact) mass is 271 g/mol. The van der Waals surface area contributed by atoms with Gasteiger partial charge in [0.2, 0.25) is 5.91 Å². The topological polar surface area (TPSA) is 149 Å². The lowest BCUT2D eigenvalue weighted by atomic mass is 10.4. The van der Waals surface area contributed by atoms with E-state index in [0.717, 1.165) is 4.68 Å². The number of hydrogen-bond donors (Lipinski definition) is 3. The molecule has 0 aliphatic carbocycles. The standard InChI is InChI=1S/C9H13N5O5/c10-7(15)5-19-2-1-11-9(18)6-3-14(13-12-6)4-8(16)17/h3H,1-2,4-5H2,(H2,10,15)(H,11,18)(H,16,17). The molecule has 0 fully saturated rings. The molecule has 0 radical (unpaired) electrons. The summed E-state index contributed by atoms with van der Waals surface area (Å²) in [5, 5.41) is 18.0. The van der Waals surface area contributed by atoms with Gasteiger partial charge in [0, 0.05) is 6.54 Å². The van der Waals surface area contributed by atoms with Gasteiger partial charge in [-0.1, -0.05) is 5.21 Å². The quantitative estimate of drug-likeness (QED) is 0.446. The van der Waals surface area contributed by atoms with Crippen molar-refractivity contribution in [3.05, 3.63) is 11.9 Å². The molecule has 4 N–H and O–H groups in total. The SMILES string of the molecule is NC(=O)COCCNC(=O)c1cn(CC(=O)O)nn1. The normalized spacial score (nSPS) is 10.1. The molecule has 1 aromatic rings. The summed E-state index contributed by atoms with van der Waals surface area (Å²) in [4.78, 5) is 32.3. The van der Waals surface area contributed by atoms with E-state index in [1.807, 2.05) is 0 Å². The van der Waals surface area contributed by atoms with E-state index in [1.165, 1.54) is 6.20 Å². The fourth-order valence-electron chi connectivity index (χ4n) is 1.12. The summed E-state index contributed by atoms with van der Waals surface area (Å²) in [5.41, 5.74) is 4.84. The highest BCUT2D eigenvalue weighted by Gasteiger charge is 2.11. The molecule has 19 heavy (non-hydrogen) atoms. The van der Waals surface area contributed by atoms with Crippen molar-refractivity contribution in [1.29, 1.82) is 0 Å². The second-order valence-corrected chi connectivity index (χ2v) is 3.47. The minimum atomic E-state index is -1.09. The Hall–Kier alpha value is -2.49. The van der Waals surface area contributed by atoms with E-state index in [-0.39, 0.29) is 32.0 Å². The molecule has 0 aliphatic heterocycles. The number of carbonyl (C=O) groups excluding carboxylic acids is 2. The fourth-order valence-corrected chi connectivity index (χ4v) is 1.12. The first-order valence-electron chi connectivity index (χ1n) is 5.25. The van der Waals surface area contributed by atoms with E-state index in [2.05, 4.69) is 15.6 Å². The molecular weight excluding hydrogens is 258 g/mol. The summed E-state index contributed by atoms with van der Waals surface area (Å²) in [5.74, 6) is -2.20. The van der Waals surface area contributed by atoms with Gasteiger partial charge in [-0.15, -0.1) is 5.10 Å². The van der Waals surface area contributed by atoms with Crippen LogP contribution < -0.4 is 11.1 Å².